The number of sulfonamides is 1. The molecule has 8 nitrogen and oxygen atoms in total. The summed E-state index contributed by atoms with van der Waals surface area (Å²) < 4.78 is 30.9. The summed E-state index contributed by atoms with van der Waals surface area (Å²) in [6.45, 7) is -1.11. The van der Waals surface area contributed by atoms with E-state index in [1.165, 1.54) is 11.0 Å². The van der Waals surface area contributed by atoms with Gasteiger partial charge in [0.25, 0.3) is 15.9 Å². The fourth-order valence-corrected chi connectivity index (χ4v) is 4.31. The van der Waals surface area contributed by atoms with Crippen molar-refractivity contribution in [3.63, 3.8) is 0 Å². The second-order valence-corrected chi connectivity index (χ2v) is 8.73. The second-order valence-electron chi connectivity index (χ2n) is 5.35. The lowest BCUT2D eigenvalue weighted by molar-refractivity contribution is -0.146. The normalized spacial score (nSPS) is 10.9. The summed E-state index contributed by atoms with van der Waals surface area (Å²) in [6.07, 6.45) is 0.0762. The number of halogens is 1. The number of ether oxygens (including phenoxy) is 1. The van der Waals surface area contributed by atoms with E-state index in [2.05, 4.69) is 4.72 Å². The molecule has 1 aromatic carbocycles. The highest BCUT2D eigenvalue weighted by Crippen LogP contribution is 2.20. The zero-order chi connectivity index (χ0) is 20.6. The highest BCUT2D eigenvalue weighted by Gasteiger charge is 2.20. The summed E-state index contributed by atoms with van der Waals surface area (Å²) in [7, 11) is -3.81. The van der Waals surface area contributed by atoms with Gasteiger partial charge in [-0.1, -0.05) is 23.7 Å². The first-order valence-electron chi connectivity index (χ1n) is 7.95. The van der Waals surface area contributed by atoms with Crippen LogP contribution in [0.3, 0.4) is 0 Å². The van der Waals surface area contributed by atoms with Crippen LogP contribution in [0.5, 0.6) is 0 Å². The summed E-state index contributed by atoms with van der Waals surface area (Å²) in [6, 6.07) is 11.4. The van der Waals surface area contributed by atoms with E-state index in [-0.39, 0.29) is 17.2 Å². The van der Waals surface area contributed by atoms with Gasteiger partial charge in [0.1, 0.15) is 10.8 Å². The molecule has 28 heavy (non-hydrogen) atoms. The molecule has 0 atom stereocenters. The molecule has 2 aromatic rings. The van der Waals surface area contributed by atoms with Gasteiger partial charge in [0, 0.05) is 17.3 Å². The quantitative estimate of drug-likeness (QED) is 0.596. The van der Waals surface area contributed by atoms with Crippen molar-refractivity contribution in [3.05, 3.63) is 46.8 Å². The molecule has 11 heteroatoms. The third-order valence-electron chi connectivity index (χ3n) is 3.39. The van der Waals surface area contributed by atoms with Crippen LogP contribution in [0.2, 0.25) is 5.02 Å². The van der Waals surface area contributed by atoms with Crippen LogP contribution in [0.1, 0.15) is 6.42 Å². The molecule has 1 amide bonds. The van der Waals surface area contributed by atoms with Gasteiger partial charge in [-0.25, -0.2) is 8.42 Å². The monoisotopic (exact) mass is 441 g/mol. The Morgan fingerprint density at radius 1 is 1.29 bits per heavy atom. The molecule has 1 aromatic heterocycles. The number of rotatable bonds is 9. The molecule has 1 N–H and O–H groups in total. The third kappa shape index (κ3) is 6.31. The lowest BCUT2D eigenvalue weighted by atomic mass is 10.2. The number of thiophene rings is 1. The van der Waals surface area contributed by atoms with Crippen LogP contribution in [-0.2, 0) is 24.3 Å². The SMILES string of the molecule is N#CCCN(C(=O)COC(=O)CNS(=O)(=O)c1cccs1)c1cccc(Cl)c1. The van der Waals surface area contributed by atoms with Crippen LogP contribution in [-0.4, -0.2) is 40.0 Å². The number of hydrogen-bond donors (Lipinski definition) is 1. The summed E-state index contributed by atoms with van der Waals surface area (Å²) in [5, 5.41) is 10.8. The van der Waals surface area contributed by atoms with Gasteiger partial charge in [-0.05, 0) is 29.6 Å². The van der Waals surface area contributed by atoms with Gasteiger partial charge in [0.15, 0.2) is 6.61 Å². The molecule has 0 aliphatic rings. The molecule has 0 saturated carbocycles. The Bertz CT molecular complexity index is 971. The Labute approximate surface area is 171 Å². The molecule has 1 heterocycles. The van der Waals surface area contributed by atoms with E-state index in [4.69, 9.17) is 21.6 Å². The Hall–Kier alpha value is -2.45. The first-order chi connectivity index (χ1) is 13.3. The number of anilines is 1. The van der Waals surface area contributed by atoms with Crippen molar-refractivity contribution in [1.82, 2.24) is 4.72 Å². The number of esters is 1. The number of carbonyl (C=O) groups excluding carboxylic acids is 2. The number of hydrogen-bond acceptors (Lipinski definition) is 7. The van der Waals surface area contributed by atoms with Crippen molar-refractivity contribution in [1.29, 1.82) is 5.26 Å². The highest BCUT2D eigenvalue weighted by atomic mass is 35.5. The third-order valence-corrected chi connectivity index (χ3v) is 6.43. The zero-order valence-electron chi connectivity index (χ0n) is 14.5. The van der Waals surface area contributed by atoms with Gasteiger partial charge < -0.3 is 9.64 Å². The van der Waals surface area contributed by atoms with E-state index in [1.807, 2.05) is 6.07 Å². The van der Waals surface area contributed by atoms with Crippen LogP contribution < -0.4 is 9.62 Å². The average Bonchev–Trinajstić information content (AvgIpc) is 3.21. The minimum atomic E-state index is -3.81. The standard InChI is InChI=1S/C17H16ClN3O5S2/c18-13-4-1-5-14(10-13)21(8-3-7-19)15(22)12-26-16(23)11-20-28(24,25)17-6-2-9-27-17/h1-2,4-6,9-10,20H,3,8,11-12H2. The molecule has 0 radical (unpaired) electrons. The summed E-state index contributed by atoms with van der Waals surface area (Å²) in [5.74, 6) is -1.47. The van der Waals surface area contributed by atoms with Crippen LogP contribution in [0, 0.1) is 11.3 Å². The van der Waals surface area contributed by atoms with E-state index < -0.39 is 35.1 Å². The van der Waals surface area contributed by atoms with Crippen molar-refractivity contribution < 1.29 is 22.7 Å². The van der Waals surface area contributed by atoms with Gasteiger partial charge in [0.2, 0.25) is 0 Å². The van der Waals surface area contributed by atoms with E-state index in [0.29, 0.717) is 10.7 Å². The topological polar surface area (TPSA) is 117 Å². The molecule has 0 aliphatic carbocycles. The molecule has 148 valence electrons. The number of carbonyl (C=O) groups is 2. The number of nitrogens with zero attached hydrogens (tertiary/aromatic N) is 2. The van der Waals surface area contributed by atoms with Crippen molar-refractivity contribution >= 4 is 50.5 Å². The molecular weight excluding hydrogens is 426 g/mol. The number of amides is 1. The van der Waals surface area contributed by atoms with Crippen molar-refractivity contribution in [3.8, 4) is 6.07 Å². The van der Waals surface area contributed by atoms with Crippen LogP contribution in [0.25, 0.3) is 0 Å². The highest BCUT2D eigenvalue weighted by molar-refractivity contribution is 7.91. The fraction of sp³-hybridized carbons (Fsp3) is 0.235. The summed E-state index contributed by atoms with van der Waals surface area (Å²) in [5.41, 5.74) is 0.460. The molecule has 0 fully saturated rings. The van der Waals surface area contributed by atoms with Crippen molar-refractivity contribution in [2.75, 3.05) is 24.6 Å². The molecule has 0 aliphatic heterocycles. The molecule has 0 spiro atoms. The zero-order valence-corrected chi connectivity index (χ0v) is 16.9. The van der Waals surface area contributed by atoms with E-state index in [0.717, 1.165) is 11.3 Å². The minimum absolute atomic E-state index is 0.0695. The van der Waals surface area contributed by atoms with Crippen LogP contribution in [0.15, 0.2) is 46.0 Å². The fourth-order valence-electron chi connectivity index (χ4n) is 2.12. The van der Waals surface area contributed by atoms with E-state index >= 15 is 0 Å². The maximum atomic E-state index is 12.4. The number of benzene rings is 1. The van der Waals surface area contributed by atoms with Crippen LogP contribution in [0.4, 0.5) is 5.69 Å². The Kier molecular flexibility index (Phi) is 7.95. The van der Waals surface area contributed by atoms with E-state index in [9.17, 15) is 18.0 Å². The van der Waals surface area contributed by atoms with Crippen molar-refractivity contribution in [2.45, 2.75) is 10.6 Å². The largest absolute Gasteiger partial charge is 0.455 e. The molecular formula is C17H16ClN3O5S2. The Balaban J connectivity index is 1.92. The maximum absolute atomic E-state index is 12.4. The van der Waals surface area contributed by atoms with Gasteiger partial charge in [-0.3, -0.25) is 9.59 Å². The summed E-state index contributed by atoms with van der Waals surface area (Å²) in [4.78, 5) is 25.5. The van der Waals surface area contributed by atoms with Gasteiger partial charge >= 0.3 is 5.97 Å². The Morgan fingerprint density at radius 2 is 2.07 bits per heavy atom. The van der Waals surface area contributed by atoms with Crippen molar-refractivity contribution in [2.24, 2.45) is 0 Å². The maximum Gasteiger partial charge on any atom is 0.321 e. The smallest absolute Gasteiger partial charge is 0.321 e. The van der Waals surface area contributed by atoms with Gasteiger partial charge in [-0.15, -0.1) is 11.3 Å². The Morgan fingerprint density at radius 3 is 2.71 bits per heavy atom. The predicted octanol–water partition coefficient (Wildman–Crippen LogP) is 2.17. The molecule has 0 unspecified atom stereocenters. The number of nitriles is 1. The van der Waals surface area contributed by atoms with Gasteiger partial charge in [0.05, 0.1) is 12.5 Å². The predicted molar refractivity (Wildman–Crippen MR) is 105 cm³/mol. The average molecular weight is 442 g/mol. The first kappa shape index (κ1) is 21.8. The molecule has 0 saturated heterocycles. The lowest BCUT2D eigenvalue weighted by Gasteiger charge is -2.21. The second kappa shape index (κ2) is 10.2. The minimum Gasteiger partial charge on any atom is -0.455 e. The van der Waals surface area contributed by atoms with Crippen LogP contribution >= 0.6 is 22.9 Å². The molecule has 0 bridgehead atoms. The lowest BCUT2D eigenvalue weighted by Crippen LogP contribution is -2.37. The summed E-state index contributed by atoms with van der Waals surface area (Å²) >= 11 is 6.94. The first-order valence-corrected chi connectivity index (χ1v) is 10.7. The van der Waals surface area contributed by atoms with E-state index in [1.54, 1.807) is 35.7 Å². The number of nitrogens with one attached hydrogen (secondary N) is 1. The van der Waals surface area contributed by atoms with Gasteiger partial charge in [-0.2, -0.15) is 9.98 Å². The molecule has 2 rings (SSSR count).